The summed E-state index contributed by atoms with van der Waals surface area (Å²) in [6.07, 6.45) is 0.878. The summed E-state index contributed by atoms with van der Waals surface area (Å²) in [6, 6.07) is 52.1. The maximum Gasteiger partial charge on any atom is 0.151 e. The highest BCUT2D eigenvalue weighted by atomic mass is 15.4. The number of para-hydroxylation sites is 4. The second kappa shape index (κ2) is 9.05. The Morgan fingerprint density at radius 1 is 0.375 bits per heavy atom. The first-order valence-corrected chi connectivity index (χ1v) is 11.1. The van der Waals surface area contributed by atoms with Crippen LogP contribution in [-0.4, -0.2) is 0 Å². The lowest BCUT2D eigenvalue weighted by molar-refractivity contribution is 0.696. The van der Waals surface area contributed by atoms with E-state index in [1.807, 2.05) is 0 Å². The van der Waals surface area contributed by atoms with Crippen LogP contribution in [0.3, 0.4) is 0 Å². The van der Waals surface area contributed by atoms with Crippen LogP contribution in [0.25, 0.3) is 0 Å². The highest BCUT2D eigenvalue weighted by Gasteiger charge is 2.40. The van der Waals surface area contributed by atoms with Crippen LogP contribution < -0.4 is 4.48 Å². The minimum absolute atomic E-state index is 0.533. The molecule has 0 unspecified atom stereocenters. The minimum atomic E-state index is 0.533. The number of benzene rings is 5. The van der Waals surface area contributed by atoms with Gasteiger partial charge in [0.2, 0.25) is 0 Å². The standard InChI is InChI=1S/C31H26N/c1-5-15-26(16-6-1)25-27-17-13-14-24-31(27)32(28-18-7-2-8-19-28,29-20-9-3-10-21-29)30-22-11-4-12-23-30/h1-24H,25H2/q+1. The lowest BCUT2D eigenvalue weighted by atomic mass is 9.98. The molecule has 0 heterocycles. The minimum Gasteiger partial charge on any atom is -0.194 e. The van der Waals surface area contributed by atoms with Crippen molar-refractivity contribution in [2.45, 2.75) is 6.42 Å². The average Bonchev–Trinajstić information content (AvgIpc) is 2.88. The van der Waals surface area contributed by atoms with E-state index in [0.717, 1.165) is 6.42 Å². The molecule has 0 saturated carbocycles. The average molecular weight is 413 g/mol. The highest BCUT2D eigenvalue weighted by Crippen LogP contribution is 2.52. The Hall–Kier alpha value is -3.94. The van der Waals surface area contributed by atoms with Crippen molar-refractivity contribution >= 4 is 22.7 Å². The number of hydrogen-bond acceptors (Lipinski definition) is 0. The molecule has 5 aromatic carbocycles. The van der Waals surface area contributed by atoms with Gasteiger partial charge in [0.15, 0.2) is 5.69 Å². The molecule has 0 amide bonds. The second-order valence-corrected chi connectivity index (χ2v) is 7.97. The van der Waals surface area contributed by atoms with Crippen molar-refractivity contribution in [2.24, 2.45) is 0 Å². The molecule has 5 rings (SSSR count). The molecule has 0 saturated heterocycles. The van der Waals surface area contributed by atoms with Gasteiger partial charge in [-0.15, -0.1) is 0 Å². The molecule has 0 radical (unpaired) electrons. The monoisotopic (exact) mass is 412 g/mol. The summed E-state index contributed by atoms with van der Waals surface area (Å²) in [4.78, 5) is 0. The first kappa shape index (κ1) is 20.0. The molecule has 0 aliphatic carbocycles. The van der Waals surface area contributed by atoms with E-state index in [9.17, 15) is 0 Å². The van der Waals surface area contributed by atoms with Crippen molar-refractivity contribution in [2.75, 3.05) is 0 Å². The lowest BCUT2D eigenvalue weighted by Crippen LogP contribution is -2.34. The topological polar surface area (TPSA) is 0 Å². The largest absolute Gasteiger partial charge is 0.194 e. The van der Waals surface area contributed by atoms with Gasteiger partial charge < -0.3 is 0 Å². The molecule has 32 heavy (non-hydrogen) atoms. The SMILES string of the molecule is c1ccc(Cc2ccccc2[N+](c2ccccc2)(c2ccccc2)c2ccccc2)cc1. The maximum atomic E-state index is 2.28. The van der Waals surface area contributed by atoms with Gasteiger partial charge >= 0.3 is 0 Å². The molecule has 0 aromatic heterocycles. The molecule has 5 aromatic rings. The van der Waals surface area contributed by atoms with E-state index in [4.69, 9.17) is 0 Å². The van der Waals surface area contributed by atoms with Crippen molar-refractivity contribution in [3.63, 3.8) is 0 Å². The smallest absolute Gasteiger partial charge is 0.151 e. The van der Waals surface area contributed by atoms with Crippen LogP contribution in [0.15, 0.2) is 146 Å². The van der Waals surface area contributed by atoms with E-state index in [2.05, 4.69) is 146 Å². The Balaban J connectivity index is 1.84. The van der Waals surface area contributed by atoms with Crippen LogP contribution in [0.2, 0.25) is 0 Å². The van der Waals surface area contributed by atoms with Gasteiger partial charge in [-0.2, -0.15) is 4.48 Å². The van der Waals surface area contributed by atoms with Crippen LogP contribution in [0.1, 0.15) is 11.1 Å². The quantitative estimate of drug-likeness (QED) is 0.245. The molecular formula is C31H26N+. The van der Waals surface area contributed by atoms with Gasteiger partial charge in [-0.3, -0.25) is 0 Å². The number of rotatable bonds is 6. The third-order valence-corrected chi connectivity index (χ3v) is 6.02. The van der Waals surface area contributed by atoms with E-state index in [1.165, 1.54) is 33.9 Å². The molecule has 0 fully saturated rings. The molecule has 1 heteroatoms. The summed E-state index contributed by atoms with van der Waals surface area (Å²) in [7, 11) is 0. The van der Waals surface area contributed by atoms with E-state index in [-0.39, 0.29) is 0 Å². The Kier molecular flexibility index (Phi) is 5.65. The molecule has 154 valence electrons. The summed E-state index contributed by atoms with van der Waals surface area (Å²) in [6.45, 7) is 0. The van der Waals surface area contributed by atoms with Crippen LogP contribution in [-0.2, 0) is 6.42 Å². The van der Waals surface area contributed by atoms with Crippen molar-refractivity contribution in [1.29, 1.82) is 0 Å². The van der Waals surface area contributed by atoms with Gasteiger partial charge in [0.25, 0.3) is 0 Å². The Bertz CT molecular complexity index is 1170. The first-order chi connectivity index (χ1) is 15.9. The molecular weight excluding hydrogens is 386 g/mol. The van der Waals surface area contributed by atoms with Gasteiger partial charge in [-0.05, 0) is 5.56 Å². The fourth-order valence-corrected chi connectivity index (χ4v) is 4.62. The van der Waals surface area contributed by atoms with E-state index in [0.29, 0.717) is 4.48 Å². The summed E-state index contributed by atoms with van der Waals surface area (Å²) < 4.78 is 0.533. The van der Waals surface area contributed by atoms with Crippen LogP contribution >= 0.6 is 0 Å². The van der Waals surface area contributed by atoms with Gasteiger partial charge in [0.1, 0.15) is 17.1 Å². The first-order valence-electron chi connectivity index (χ1n) is 11.1. The molecule has 0 spiro atoms. The molecule has 0 aliphatic rings. The Morgan fingerprint density at radius 2 is 0.750 bits per heavy atom. The van der Waals surface area contributed by atoms with E-state index < -0.39 is 0 Å². The normalized spacial score (nSPS) is 11.2. The van der Waals surface area contributed by atoms with Crippen LogP contribution in [0.4, 0.5) is 22.7 Å². The van der Waals surface area contributed by atoms with E-state index in [1.54, 1.807) is 0 Å². The molecule has 0 N–H and O–H groups in total. The van der Waals surface area contributed by atoms with E-state index >= 15 is 0 Å². The molecule has 1 nitrogen and oxygen atoms in total. The third kappa shape index (κ3) is 3.64. The summed E-state index contributed by atoms with van der Waals surface area (Å²) in [5, 5.41) is 0. The third-order valence-electron chi connectivity index (χ3n) is 6.02. The predicted molar refractivity (Wildman–Crippen MR) is 136 cm³/mol. The molecule has 0 atom stereocenters. The van der Waals surface area contributed by atoms with Crippen molar-refractivity contribution in [1.82, 2.24) is 4.48 Å². The Morgan fingerprint density at radius 3 is 1.22 bits per heavy atom. The fraction of sp³-hybridized carbons (Fsp3) is 0.0323. The summed E-state index contributed by atoms with van der Waals surface area (Å²) >= 11 is 0. The van der Waals surface area contributed by atoms with Gasteiger partial charge in [0, 0.05) is 54.4 Å². The second-order valence-electron chi connectivity index (χ2n) is 7.97. The van der Waals surface area contributed by atoms with Gasteiger partial charge in [-0.25, -0.2) is 0 Å². The summed E-state index contributed by atoms with van der Waals surface area (Å²) in [5.41, 5.74) is 7.53. The zero-order valence-corrected chi connectivity index (χ0v) is 18.0. The molecule has 0 aliphatic heterocycles. The zero-order valence-electron chi connectivity index (χ0n) is 18.0. The van der Waals surface area contributed by atoms with Crippen LogP contribution in [0, 0.1) is 0 Å². The van der Waals surface area contributed by atoms with Crippen molar-refractivity contribution in [3.05, 3.63) is 157 Å². The summed E-state index contributed by atoms with van der Waals surface area (Å²) in [5.74, 6) is 0. The highest BCUT2D eigenvalue weighted by molar-refractivity contribution is 5.83. The number of quaternary nitrogens is 1. The Labute approximate surface area is 190 Å². The van der Waals surface area contributed by atoms with Gasteiger partial charge in [0.05, 0.1) is 0 Å². The van der Waals surface area contributed by atoms with Gasteiger partial charge in [-0.1, -0.05) is 103 Å². The maximum absolute atomic E-state index is 2.28. The molecule has 0 bridgehead atoms. The van der Waals surface area contributed by atoms with Crippen molar-refractivity contribution < 1.29 is 0 Å². The number of nitrogens with zero attached hydrogens (tertiary/aromatic N) is 1. The predicted octanol–water partition coefficient (Wildman–Crippen LogP) is 8.58. The lowest BCUT2D eigenvalue weighted by Gasteiger charge is -2.38. The fourth-order valence-electron chi connectivity index (χ4n) is 4.62. The number of hydrogen-bond donors (Lipinski definition) is 0. The van der Waals surface area contributed by atoms with Crippen molar-refractivity contribution in [3.8, 4) is 0 Å². The van der Waals surface area contributed by atoms with Crippen LogP contribution in [0.5, 0.6) is 0 Å². The zero-order chi connectivity index (χ0) is 21.6.